The number of hydrogen-bond donors (Lipinski definition) is 0. The van der Waals surface area contributed by atoms with Gasteiger partial charge in [-0.3, -0.25) is 0 Å². The summed E-state index contributed by atoms with van der Waals surface area (Å²) in [7, 11) is 0. The van der Waals surface area contributed by atoms with E-state index in [0.29, 0.717) is 15.2 Å². The topological polar surface area (TPSA) is 0 Å². The standard InChI is InChI=1S/2C2H3.Al/c2*1-2;/h2*1H,2H2;/q;;+1. The van der Waals surface area contributed by atoms with Crippen LogP contribution >= 0.6 is 0 Å². The molecule has 0 amide bonds. The number of rotatable bonds is 2. The SMILES string of the molecule is C=[CH][Al+][CH]=C. The van der Waals surface area contributed by atoms with Gasteiger partial charge in [0.1, 0.15) is 0 Å². The summed E-state index contributed by atoms with van der Waals surface area (Å²) in [4.78, 5) is 3.79. The van der Waals surface area contributed by atoms with E-state index in [0.717, 1.165) is 0 Å². The van der Waals surface area contributed by atoms with E-state index in [1.807, 2.05) is 9.88 Å². The maximum absolute atomic E-state index is 3.52. The van der Waals surface area contributed by atoms with E-state index in [1.54, 1.807) is 0 Å². The average Bonchev–Trinajstić information content (AvgIpc) is 1.41. The van der Waals surface area contributed by atoms with Crippen molar-refractivity contribution in [1.82, 2.24) is 0 Å². The van der Waals surface area contributed by atoms with Gasteiger partial charge in [-0.1, -0.05) is 0 Å². The van der Waals surface area contributed by atoms with Crippen LogP contribution in [0.15, 0.2) is 23.0 Å². The predicted molar refractivity (Wildman–Crippen MR) is 26.1 cm³/mol. The molecule has 0 nitrogen and oxygen atoms in total. The molecule has 5 heavy (non-hydrogen) atoms. The second-order valence-corrected chi connectivity index (χ2v) is 1.99. The van der Waals surface area contributed by atoms with Crippen molar-refractivity contribution in [2.45, 2.75) is 0 Å². The minimum atomic E-state index is 0.343. The molecule has 1 heteroatoms. The van der Waals surface area contributed by atoms with Gasteiger partial charge >= 0.3 is 38.3 Å². The zero-order valence-electron chi connectivity index (χ0n) is 3.15. The summed E-state index contributed by atoms with van der Waals surface area (Å²) in [5.41, 5.74) is 0. The molecule has 0 atom stereocenters. The fourth-order valence-electron chi connectivity index (χ4n) is 0.0962. The summed E-state index contributed by atoms with van der Waals surface area (Å²) < 4.78 is 0. The molecule has 0 unspecified atom stereocenters. The Morgan fingerprint density at radius 2 is 1.60 bits per heavy atom. The first-order valence-corrected chi connectivity index (χ1v) is 2.82. The molecule has 0 aromatic heterocycles. The molecule has 24 valence electrons. The second-order valence-electron chi connectivity index (χ2n) is 0.664. The van der Waals surface area contributed by atoms with Gasteiger partial charge in [-0.2, -0.15) is 0 Å². The van der Waals surface area contributed by atoms with Gasteiger partial charge in [-0.15, -0.1) is 0 Å². The fourth-order valence-corrected chi connectivity index (χ4v) is 0.289. The van der Waals surface area contributed by atoms with E-state index < -0.39 is 0 Å². The van der Waals surface area contributed by atoms with Crippen molar-refractivity contribution in [2.75, 3.05) is 0 Å². The van der Waals surface area contributed by atoms with Crippen molar-refractivity contribution >= 4 is 15.2 Å². The monoisotopic (exact) mass is 81.0 g/mol. The van der Waals surface area contributed by atoms with Gasteiger partial charge in [0, 0.05) is 0 Å². The molecule has 0 spiro atoms. The van der Waals surface area contributed by atoms with Crippen LogP contribution in [-0.2, 0) is 0 Å². The van der Waals surface area contributed by atoms with Gasteiger partial charge < -0.3 is 0 Å². The Balaban J connectivity index is 2.65. The molecule has 0 saturated carbocycles. The van der Waals surface area contributed by atoms with Gasteiger partial charge in [0.15, 0.2) is 0 Å². The average molecular weight is 81.1 g/mol. The molecule has 0 saturated heterocycles. The van der Waals surface area contributed by atoms with Crippen LogP contribution in [0, 0.1) is 0 Å². The molecule has 0 rings (SSSR count). The summed E-state index contributed by atoms with van der Waals surface area (Å²) in [5, 5.41) is 0. The Labute approximate surface area is 38.9 Å². The van der Waals surface area contributed by atoms with Crippen molar-refractivity contribution in [2.24, 2.45) is 0 Å². The Bertz CT molecular complexity index is 32.9. The molecule has 0 aliphatic rings. The van der Waals surface area contributed by atoms with Crippen molar-refractivity contribution in [3.05, 3.63) is 23.0 Å². The van der Waals surface area contributed by atoms with E-state index >= 15 is 0 Å². The third-order valence-electron chi connectivity index (χ3n) is 0.272. The van der Waals surface area contributed by atoms with Crippen LogP contribution in [0.4, 0.5) is 0 Å². The zero-order valence-corrected chi connectivity index (χ0v) is 4.30. The number of hydrogen-bond acceptors (Lipinski definition) is 0. The van der Waals surface area contributed by atoms with Crippen molar-refractivity contribution in [3.8, 4) is 0 Å². The third-order valence-corrected chi connectivity index (χ3v) is 0.816. The third kappa shape index (κ3) is 4.01. The molecule has 0 aromatic rings. The predicted octanol–water partition coefficient (Wildman–Crippen LogP) is 0.978. The van der Waals surface area contributed by atoms with Crippen LogP contribution in [0.3, 0.4) is 0 Å². The van der Waals surface area contributed by atoms with Gasteiger partial charge in [-0.25, -0.2) is 0 Å². The van der Waals surface area contributed by atoms with Gasteiger partial charge in [0.05, 0.1) is 0 Å². The van der Waals surface area contributed by atoms with E-state index in [4.69, 9.17) is 0 Å². The Morgan fingerprint density at radius 3 is 1.60 bits per heavy atom. The van der Waals surface area contributed by atoms with Crippen molar-refractivity contribution in [3.63, 3.8) is 0 Å². The van der Waals surface area contributed by atoms with Crippen LogP contribution in [0.1, 0.15) is 0 Å². The second kappa shape index (κ2) is 4.01. The molecule has 0 bridgehead atoms. The summed E-state index contributed by atoms with van der Waals surface area (Å²) in [6.45, 7) is 7.03. The summed E-state index contributed by atoms with van der Waals surface area (Å²) in [6.07, 6.45) is 0. The van der Waals surface area contributed by atoms with E-state index in [9.17, 15) is 0 Å². The van der Waals surface area contributed by atoms with Crippen LogP contribution in [0.5, 0.6) is 0 Å². The van der Waals surface area contributed by atoms with E-state index in [1.165, 1.54) is 0 Å². The van der Waals surface area contributed by atoms with Gasteiger partial charge in [0.2, 0.25) is 0 Å². The Kier molecular flexibility index (Phi) is 4.02. The molecule has 0 heterocycles. The van der Waals surface area contributed by atoms with Crippen molar-refractivity contribution in [1.29, 1.82) is 0 Å². The molecular formula is C4H6Al+. The fraction of sp³-hybridized carbons (Fsp3) is 0. The van der Waals surface area contributed by atoms with Crippen LogP contribution in [0.2, 0.25) is 0 Å². The first-order valence-electron chi connectivity index (χ1n) is 1.48. The Hall–Kier alpha value is 0.0125. The first-order chi connectivity index (χ1) is 2.41. The molecule has 0 fully saturated rings. The zero-order chi connectivity index (χ0) is 4.12. The first kappa shape index (κ1) is 5.01. The summed E-state index contributed by atoms with van der Waals surface area (Å²) >= 11 is 0.343. The van der Waals surface area contributed by atoms with Gasteiger partial charge in [0.25, 0.3) is 0 Å². The Morgan fingerprint density at radius 1 is 1.20 bits per heavy atom. The molecule has 0 aliphatic carbocycles. The molecule has 0 aromatic carbocycles. The normalized spacial score (nSPS) is 4.80. The molecule has 0 radical (unpaired) electrons. The van der Waals surface area contributed by atoms with Crippen molar-refractivity contribution < 1.29 is 0 Å². The minimum absolute atomic E-state index is 0.343. The summed E-state index contributed by atoms with van der Waals surface area (Å²) in [6, 6.07) is 0. The van der Waals surface area contributed by atoms with Crippen LogP contribution in [0.25, 0.3) is 0 Å². The quantitative estimate of drug-likeness (QED) is 0.434. The van der Waals surface area contributed by atoms with Gasteiger partial charge in [-0.05, 0) is 0 Å². The maximum atomic E-state index is 3.52. The van der Waals surface area contributed by atoms with Crippen LogP contribution < -0.4 is 0 Å². The van der Waals surface area contributed by atoms with E-state index in [2.05, 4.69) is 13.2 Å². The molecule has 0 N–H and O–H groups in total. The summed E-state index contributed by atoms with van der Waals surface area (Å²) in [5.74, 6) is 0. The van der Waals surface area contributed by atoms with E-state index in [-0.39, 0.29) is 0 Å². The molecule has 0 aliphatic heterocycles. The molecular weight excluding hydrogens is 75.0 g/mol. The van der Waals surface area contributed by atoms with Crippen LogP contribution in [-0.4, -0.2) is 15.2 Å².